The van der Waals surface area contributed by atoms with Crippen LogP contribution in [0.2, 0.25) is 0 Å². The third kappa shape index (κ3) is 4.15. The Balaban J connectivity index is 0.00000320. The van der Waals surface area contributed by atoms with Crippen LogP contribution in [-0.2, 0) is 4.79 Å². The molecule has 0 bridgehead atoms. The van der Waals surface area contributed by atoms with Crippen molar-refractivity contribution in [2.45, 2.75) is 46.6 Å². The third-order valence-electron chi connectivity index (χ3n) is 4.98. The summed E-state index contributed by atoms with van der Waals surface area (Å²) in [6.45, 7) is 8.38. The van der Waals surface area contributed by atoms with Crippen molar-refractivity contribution < 1.29 is 6.22 Å². The summed E-state index contributed by atoms with van der Waals surface area (Å²) in [7, 11) is 0. The quantitative estimate of drug-likeness (QED) is 0.498. The van der Waals surface area contributed by atoms with Gasteiger partial charge in [-0.25, -0.2) is 0 Å². The molecule has 0 saturated carbocycles. The SMILES string of the molecule is CCCNC(=O)C[C@@H]1N=C(c2ccccc2)c2c(sc(C)c2C)N(C(C)=N)C1=N.[HH]. The molecule has 0 saturated heterocycles. The minimum absolute atomic E-state index is 0. The van der Waals surface area contributed by atoms with Gasteiger partial charge in [0.15, 0.2) is 0 Å². The van der Waals surface area contributed by atoms with Crippen LogP contribution < -0.4 is 10.2 Å². The van der Waals surface area contributed by atoms with Gasteiger partial charge in [-0.3, -0.25) is 25.5 Å². The van der Waals surface area contributed by atoms with Crippen molar-refractivity contribution in [3.8, 4) is 0 Å². The standard InChI is InChI=1S/C22H27N5OS.H2/c1-5-11-25-18(28)12-17-21(24)27(15(4)23)22-19(13(2)14(3)29-22)20(26-17)16-9-7-6-8-10-16;/h6-10,17,23-24H,5,11-12H2,1-4H3,(H,25,28);1H/t17-;/m0./s1. The molecule has 7 heteroatoms. The lowest BCUT2D eigenvalue weighted by molar-refractivity contribution is -0.121. The number of hydrogen-bond donors (Lipinski definition) is 3. The fourth-order valence-electron chi connectivity index (χ4n) is 3.39. The molecule has 2 aromatic rings. The van der Waals surface area contributed by atoms with E-state index in [1.807, 2.05) is 44.2 Å². The average Bonchev–Trinajstić information content (AvgIpc) is 2.91. The van der Waals surface area contributed by atoms with Gasteiger partial charge in [0.05, 0.1) is 12.1 Å². The van der Waals surface area contributed by atoms with Crippen molar-refractivity contribution in [2.24, 2.45) is 4.99 Å². The van der Waals surface area contributed by atoms with Crippen LogP contribution in [0.4, 0.5) is 5.00 Å². The summed E-state index contributed by atoms with van der Waals surface area (Å²) in [5.74, 6) is 0.289. The molecular formula is C22H29N5OS. The highest BCUT2D eigenvalue weighted by atomic mass is 32.1. The van der Waals surface area contributed by atoms with Crippen molar-refractivity contribution in [1.82, 2.24) is 5.32 Å². The summed E-state index contributed by atoms with van der Waals surface area (Å²) in [6.07, 6.45) is 0.944. The van der Waals surface area contributed by atoms with Crippen LogP contribution in [0.1, 0.15) is 49.7 Å². The van der Waals surface area contributed by atoms with E-state index in [0.717, 1.165) is 38.7 Å². The Kier molecular flexibility index (Phi) is 6.27. The number of rotatable bonds is 5. The lowest BCUT2D eigenvalue weighted by atomic mass is 10.00. The van der Waals surface area contributed by atoms with Crippen molar-refractivity contribution in [3.63, 3.8) is 0 Å². The third-order valence-corrected chi connectivity index (χ3v) is 6.17. The molecule has 29 heavy (non-hydrogen) atoms. The Labute approximate surface area is 177 Å². The Morgan fingerprint density at radius 1 is 1.31 bits per heavy atom. The summed E-state index contributed by atoms with van der Waals surface area (Å²) in [5, 5.41) is 20.8. The van der Waals surface area contributed by atoms with Crippen molar-refractivity contribution in [1.29, 1.82) is 10.8 Å². The molecule has 0 fully saturated rings. The number of carbonyl (C=O) groups is 1. The minimum Gasteiger partial charge on any atom is -0.356 e. The molecule has 3 rings (SSSR count). The highest BCUT2D eigenvalue weighted by Crippen LogP contribution is 2.40. The summed E-state index contributed by atoms with van der Waals surface area (Å²) >= 11 is 1.57. The van der Waals surface area contributed by atoms with E-state index in [4.69, 9.17) is 15.8 Å². The van der Waals surface area contributed by atoms with E-state index in [1.165, 1.54) is 0 Å². The van der Waals surface area contributed by atoms with Crippen LogP contribution in [0.15, 0.2) is 35.3 Å². The molecule has 2 heterocycles. The van der Waals surface area contributed by atoms with Gasteiger partial charge in [0, 0.05) is 24.0 Å². The van der Waals surface area contributed by atoms with Crippen LogP contribution in [0.5, 0.6) is 0 Å². The maximum atomic E-state index is 12.4. The number of amides is 1. The van der Waals surface area contributed by atoms with E-state index in [9.17, 15) is 4.79 Å². The van der Waals surface area contributed by atoms with Crippen LogP contribution in [-0.4, -0.2) is 35.9 Å². The number of thiophene rings is 1. The molecule has 1 aromatic heterocycles. The molecule has 0 radical (unpaired) electrons. The van der Waals surface area contributed by atoms with Gasteiger partial charge in [-0.15, -0.1) is 11.3 Å². The van der Waals surface area contributed by atoms with Gasteiger partial charge in [0.25, 0.3) is 0 Å². The predicted molar refractivity (Wildman–Crippen MR) is 123 cm³/mol. The zero-order valence-electron chi connectivity index (χ0n) is 17.3. The van der Waals surface area contributed by atoms with Gasteiger partial charge in [0.1, 0.15) is 22.7 Å². The zero-order chi connectivity index (χ0) is 21.1. The fourth-order valence-corrected chi connectivity index (χ4v) is 4.61. The van der Waals surface area contributed by atoms with E-state index in [2.05, 4.69) is 12.2 Å². The number of carbonyl (C=O) groups excluding carboxylic acids is 1. The van der Waals surface area contributed by atoms with Crippen LogP contribution >= 0.6 is 11.3 Å². The lowest BCUT2D eigenvalue weighted by Crippen LogP contribution is -2.42. The number of aryl methyl sites for hydroxylation is 1. The number of nitrogens with zero attached hydrogens (tertiary/aromatic N) is 2. The number of fused-ring (bicyclic) bond motifs is 1. The topological polar surface area (TPSA) is 92.4 Å². The smallest absolute Gasteiger partial charge is 0.222 e. The van der Waals surface area contributed by atoms with Crippen molar-refractivity contribution in [2.75, 3.05) is 11.4 Å². The van der Waals surface area contributed by atoms with Gasteiger partial charge < -0.3 is 5.32 Å². The second kappa shape index (κ2) is 8.69. The monoisotopic (exact) mass is 411 g/mol. The normalized spacial score (nSPS) is 16.1. The summed E-state index contributed by atoms with van der Waals surface area (Å²) < 4.78 is 0. The first-order valence-electron chi connectivity index (χ1n) is 9.79. The van der Waals surface area contributed by atoms with E-state index in [0.29, 0.717) is 6.54 Å². The van der Waals surface area contributed by atoms with Gasteiger partial charge >= 0.3 is 0 Å². The molecule has 154 valence electrons. The summed E-state index contributed by atoms with van der Waals surface area (Å²) in [5.41, 5.74) is 3.78. The molecule has 1 atom stereocenters. The van der Waals surface area contributed by atoms with E-state index >= 15 is 0 Å². The minimum atomic E-state index is -0.651. The van der Waals surface area contributed by atoms with Crippen LogP contribution in [0.25, 0.3) is 0 Å². The van der Waals surface area contributed by atoms with Gasteiger partial charge in [-0.2, -0.15) is 0 Å². The van der Waals surface area contributed by atoms with E-state index in [-0.39, 0.29) is 25.4 Å². The molecule has 6 nitrogen and oxygen atoms in total. The molecule has 1 aliphatic rings. The first kappa shape index (κ1) is 20.9. The highest BCUT2D eigenvalue weighted by Gasteiger charge is 2.34. The average molecular weight is 412 g/mol. The molecule has 3 N–H and O–H groups in total. The summed E-state index contributed by atoms with van der Waals surface area (Å²) in [6, 6.07) is 9.23. The maximum absolute atomic E-state index is 12.4. The van der Waals surface area contributed by atoms with E-state index in [1.54, 1.807) is 23.2 Å². The zero-order valence-corrected chi connectivity index (χ0v) is 18.1. The molecule has 0 aliphatic carbocycles. The number of nitrogens with one attached hydrogen (secondary N) is 3. The maximum Gasteiger partial charge on any atom is 0.222 e. The van der Waals surface area contributed by atoms with Crippen LogP contribution in [0, 0.1) is 24.7 Å². The molecule has 1 amide bonds. The number of aliphatic imine (C=N–C) groups is 1. The Hall–Kier alpha value is -2.80. The number of benzene rings is 1. The Morgan fingerprint density at radius 2 is 2.00 bits per heavy atom. The summed E-state index contributed by atoms with van der Waals surface area (Å²) in [4.78, 5) is 20.1. The van der Waals surface area contributed by atoms with Gasteiger partial charge in [-0.05, 0) is 32.8 Å². The Morgan fingerprint density at radius 3 is 2.62 bits per heavy atom. The molecule has 1 aromatic carbocycles. The Bertz CT molecular complexity index is 983. The first-order chi connectivity index (χ1) is 13.8. The second-order valence-electron chi connectivity index (χ2n) is 7.18. The molecular weight excluding hydrogens is 382 g/mol. The fraction of sp³-hybridized carbons (Fsp3) is 0.364. The van der Waals surface area contributed by atoms with Crippen LogP contribution in [0.3, 0.4) is 0 Å². The predicted octanol–water partition coefficient (Wildman–Crippen LogP) is 4.53. The second-order valence-corrected chi connectivity index (χ2v) is 8.39. The van der Waals surface area contributed by atoms with Crippen molar-refractivity contribution in [3.05, 3.63) is 51.9 Å². The molecule has 0 unspecified atom stereocenters. The van der Waals surface area contributed by atoms with Gasteiger partial charge in [0.2, 0.25) is 5.91 Å². The largest absolute Gasteiger partial charge is 0.356 e. The molecule has 1 aliphatic heterocycles. The molecule has 0 spiro atoms. The van der Waals surface area contributed by atoms with E-state index < -0.39 is 6.04 Å². The lowest BCUT2D eigenvalue weighted by Gasteiger charge is -2.24. The number of amidine groups is 2. The number of anilines is 1. The van der Waals surface area contributed by atoms with Crippen molar-refractivity contribution >= 4 is 39.6 Å². The first-order valence-corrected chi connectivity index (χ1v) is 10.6. The highest BCUT2D eigenvalue weighted by molar-refractivity contribution is 7.17. The number of hydrogen-bond acceptors (Lipinski definition) is 5. The van der Waals surface area contributed by atoms with Gasteiger partial charge in [-0.1, -0.05) is 37.3 Å².